The molecule has 0 aliphatic heterocycles. The van der Waals surface area contributed by atoms with Crippen molar-refractivity contribution in [1.82, 2.24) is 0 Å². The van der Waals surface area contributed by atoms with Crippen LogP contribution in [0.25, 0.3) is 0 Å². The van der Waals surface area contributed by atoms with E-state index in [1.165, 1.54) is 12.1 Å². The van der Waals surface area contributed by atoms with Gasteiger partial charge in [0.25, 0.3) is 0 Å². The lowest BCUT2D eigenvalue weighted by Gasteiger charge is -2.08. The summed E-state index contributed by atoms with van der Waals surface area (Å²) in [6.07, 6.45) is 0. The molecule has 0 saturated carbocycles. The number of ether oxygens (including phenoxy) is 1. The van der Waals surface area contributed by atoms with Gasteiger partial charge in [0.2, 0.25) is 0 Å². The zero-order valence-corrected chi connectivity index (χ0v) is 10.7. The summed E-state index contributed by atoms with van der Waals surface area (Å²) in [5, 5.41) is 0.502. The molecule has 2 aromatic rings. The van der Waals surface area contributed by atoms with Crippen LogP contribution >= 0.6 is 11.6 Å². The Kier molecular flexibility index (Phi) is 4.02. The van der Waals surface area contributed by atoms with E-state index in [1.807, 2.05) is 0 Å². The molecule has 0 spiro atoms. The summed E-state index contributed by atoms with van der Waals surface area (Å²) in [7, 11) is 0. The Morgan fingerprint density at radius 1 is 1.26 bits per heavy atom. The van der Waals surface area contributed by atoms with Crippen LogP contribution in [-0.2, 0) is 11.3 Å². The summed E-state index contributed by atoms with van der Waals surface area (Å²) < 4.78 is 18.1. The van der Waals surface area contributed by atoms with Gasteiger partial charge in [-0.15, -0.1) is 0 Å². The Morgan fingerprint density at radius 2 is 2.00 bits per heavy atom. The first-order valence-corrected chi connectivity index (χ1v) is 5.91. The van der Waals surface area contributed by atoms with Gasteiger partial charge >= 0.3 is 5.97 Å². The molecule has 2 rings (SSSR count). The average molecular weight is 280 g/mol. The number of carbonyl (C=O) groups is 1. The topological polar surface area (TPSA) is 52.3 Å². The second kappa shape index (κ2) is 5.71. The molecule has 19 heavy (non-hydrogen) atoms. The molecule has 98 valence electrons. The van der Waals surface area contributed by atoms with Gasteiger partial charge in [0.15, 0.2) is 0 Å². The molecule has 0 aromatic heterocycles. The molecule has 0 heterocycles. The predicted molar refractivity (Wildman–Crippen MR) is 71.4 cm³/mol. The van der Waals surface area contributed by atoms with Crippen molar-refractivity contribution in [3.8, 4) is 0 Å². The zero-order chi connectivity index (χ0) is 13.8. The third-order valence-corrected chi connectivity index (χ3v) is 2.92. The molecule has 0 aliphatic rings. The molecule has 0 atom stereocenters. The Labute approximate surface area is 114 Å². The van der Waals surface area contributed by atoms with Gasteiger partial charge in [0.1, 0.15) is 12.4 Å². The Morgan fingerprint density at radius 3 is 2.74 bits per heavy atom. The number of esters is 1. The molecule has 0 amide bonds. The molecule has 3 nitrogen and oxygen atoms in total. The average Bonchev–Trinajstić information content (AvgIpc) is 2.40. The lowest BCUT2D eigenvalue weighted by atomic mass is 10.2. The van der Waals surface area contributed by atoms with Gasteiger partial charge in [-0.25, -0.2) is 9.18 Å². The monoisotopic (exact) mass is 279 g/mol. The number of hydrogen-bond acceptors (Lipinski definition) is 3. The van der Waals surface area contributed by atoms with E-state index in [9.17, 15) is 9.18 Å². The fraction of sp³-hybridized carbons (Fsp3) is 0.0714. The van der Waals surface area contributed by atoms with E-state index in [1.54, 1.807) is 24.3 Å². The summed E-state index contributed by atoms with van der Waals surface area (Å²) in [6, 6.07) is 10.5. The second-order valence-corrected chi connectivity index (χ2v) is 4.31. The van der Waals surface area contributed by atoms with Crippen LogP contribution in [0.1, 0.15) is 15.9 Å². The van der Waals surface area contributed by atoms with Gasteiger partial charge in [-0.1, -0.05) is 29.8 Å². The van der Waals surface area contributed by atoms with E-state index in [-0.39, 0.29) is 17.9 Å². The largest absolute Gasteiger partial charge is 0.457 e. The van der Waals surface area contributed by atoms with E-state index < -0.39 is 11.8 Å². The maximum Gasteiger partial charge on any atom is 0.340 e. The number of carbonyl (C=O) groups excluding carboxylic acids is 1. The molecular formula is C14H11ClFNO2. The smallest absolute Gasteiger partial charge is 0.340 e. The first-order valence-electron chi connectivity index (χ1n) is 5.53. The molecule has 0 saturated heterocycles. The van der Waals surface area contributed by atoms with Crippen LogP contribution in [0.4, 0.5) is 10.1 Å². The first kappa shape index (κ1) is 13.4. The summed E-state index contributed by atoms with van der Waals surface area (Å²) >= 11 is 5.93. The third-order valence-electron chi connectivity index (χ3n) is 2.55. The van der Waals surface area contributed by atoms with Gasteiger partial charge in [-0.3, -0.25) is 0 Å². The molecule has 2 N–H and O–H groups in total. The number of rotatable bonds is 3. The molecule has 0 unspecified atom stereocenters. The van der Waals surface area contributed by atoms with Crippen molar-refractivity contribution in [3.05, 3.63) is 64.4 Å². The molecule has 0 bridgehead atoms. The number of benzene rings is 2. The molecule has 0 aliphatic carbocycles. The Hall–Kier alpha value is -2.07. The number of hydrogen-bond donors (Lipinski definition) is 1. The first-order chi connectivity index (χ1) is 9.08. The SMILES string of the molecule is Nc1ccc(F)cc1C(=O)OCc1ccccc1Cl. The normalized spacial score (nSPS) is 10.2. The number of nitrogens with two attached hydrogens (primary N) is 1. The molecule has 5 heteroatoms. The van der Waals surface area contributed by atoms with E-state index in [0.717, 1.165) is 6.07 Å². The highest BCUT2D eigenvalue weighted by Gasteiger charge is 2.13. The van der Waals surface area contributed by atoms with Crippen LogP contribution in [0.15, 0.2) is 42.5 Å². The van der Waals surface area contributed by atoms with Crippen LogP contribution in [0.5, 0.6) is 0 Å². The lowest BCUT2D eigenvalue weighted by molar-refractivity contribution is 0.0473. The minimum atomic E-state index is -0.683. The predicted octanol–water partition coefficient (Wildman–Crippen LogP) is 3.42. The Bertz CT molecular complexity index is 616. The van der Waals surface area contributed by atoms with Gasteiger partial charge in [0.05, 0.1) is 5.56 Å². The summed E-state index contributed by atoms with van der Waals surface area (Å²) in [5.41, 5.74) is 6.45. The van der Waals surface area contributed by atoms with E-state index in [0.29, 0.717) is 10.6 Å². The number of anilines is 1. The van der Waals surface area contributed by atoms with E-state index in [2.05, 4.69) is 0 Å². The van der Waals surface area contributed by atoms with Crippen molar-refractivity contribution in [1.29, 1.82) is 0 Å². The van der Waals surface area contributed by atoms with Crippen LogP contribution in [-0.4, -0.2) is 5.97 Å². The van der Waals surface area contributed by atoms with E-state index in [4.69, 9.17) is 22.1 Å². The summed E-state index contributed by atoms with van der Waals surface area (Å²) in [4.78, 5) is 11.8. The minimum Gasteiger partial charge on any atom is -0.457 e. The van der Waals surface area contributed by atoms with Gasteiger partial charge in [-0.05, 0) is 24.3 Å². The second-order valence-electron chi connectivity index (χ2n) is 3.90. The van der Waals surface area contributed by atoms with Gasteiger partial charge < -0.3 is 10.5 Å². The van der Waals surface area contributed by atoms with Crippen molar-refractivity contribution in [3.63, 3.8) is 0 Å². The van der Waals surface area contributed by atoms with Crippen LogP contribution < -0.4 is 5.73 Å². The maximum absolute atomic E-state index is 13.1. The van der Waals surface area contributed by atoms with Crippen LogP contribution in [0.2, 0.25) is 5.02 Å². The Balaban J connectivity index is 2.10. The highest BCUT2D eigenvalue weighted by molar-refractivity contribution is 6.31. The minimum absolute atomic E-state index is 0.00653. The molecule has 0 fully saturated rings. The highest BCUT2D eigenvalue weighted by Crippen LogP contribution is 2.18. The van der Waals surface area contributed by atoms with Crippen molar-refractivity contribution in [2.24, 2.45) is 0 Å². The fourth-order valence-electron chi connectivity index (χ4n) is 1.54. The number of halogens is 2. The summed E-state index contributed by atoms with van der Waals surface area (Å²) in [6.45, 7) is 0.00839. The fourth-order valence-corrected chi connectivity index (χ4v) is 1.73. The number of nitrogen functional groups attached to an aromatic ring is 1. The van der Waals surface area contributed by atoms with Gasteiger partial charge in [-0.2, -0.15) is 0 Å². The van der Waals surface area contributed by atoms with Crippen molar-refractivity contribution < 1.29 is 13.9 Å². The lowest BCUT2D eigenvalue weighted by Crippen LogP contribution is -2.09. The standard InChI is InChI=1S/C14H11ClFNO2/c15-12-4-2-1-3-9(12)8-19-14(18)11-7-10(16)5-6-13(11)17/h1-7H,8,17H2. The van der Waals surface area contributed by atoms with Crippen molar-refractivity contribution >= 4 is 23.3 Å². The highest BCUT2D eigenvalue weighted by atomic mass is 35.5. The quantitative estimate of drug-likeness (QED) is 0.692. The molecular weight excluding hydrogens is 269 g/mol. The van der Waals surface area contributed by atoms with Crippen LogP contribution in [0, 0.1) is 5.82 Å². The molecule has 2 aromatic carbocycles. The van der Waals surface area contributed by atoms with E-state index >= 15 is 0 Å². The molecule has 0 radical (unpaired) electrons. The third kappa shape index (κ3) is 3.23. The van der Waals surface area contributed by atoms with Crippen molar-refractivity contribution in [2.75, 3.05) is 5.73 Å². The van der Waals surface area contributed by atoms with Crippen molar-refractivity contribution in [2.45, 2.75) is 6.61 Å². The van der Waals surface area contributed by atoms with Crippen LogP contribution in [0.3, 0.4) is 0 Å². The zero-order valence-electron chi connectivity index (χ0n) is 9.90. The summed E-state index contributed by atoms with van der Waals surface area (Å²) in [5.74, 6) is -1.23. The maximum atomic E-state index is 13.1. The van der Waals surface area contributed by atoms with Gasteiger partial charge in [0, 0.05) is 16.3 Å².